The molecule has 0 spiro atoms. The molecule has 0 N–H and O–H groups in total. The minimum atomic E-state index is -0.560. The van der Waals surface area contributed by atoms with Crippen LogP contribution in [0.1, 0.15) is 37.6 Å². The third-order valence-electron chi connectivity index (χ3n) is 5.54. The lowest BCUT2D eigenvalue weighted by molar-refractivity contribution is 0.0244. The highest BCUT2D eigenvalue weighted by Crippen LogP contribution is 2.36. The van der Waals surface area contributed by atoms with Crippen molar-refractivity contribution in [3.8, 4) is 11.3 Å². The average Bonchev–Trinajstić information content (AvgIpc) is 2.94. The number of aryl methyl sites for hydroxylation is 2. The van der Waals surface area contributed by atoms with E-state index in [9.17, 15) is 4.79 Å². The Bertz CT molecular complexity index is 1170. The third-order valence-corrected chi connectivity index (χ3v) is 5.94. The number of hydrogen-bond acceptors (Lipinski definition) is 5. The van der Waals surface area contributed by atoms with Gasteiger partial charge in [-0.1, -0.05) is 23.7 Å². The van der Waals surface area contributed by atoms with Crippen LogP contribution in [0.3, 0.4) is 0 Å². The van der Waals surface area contributed by atoms with Gasteiger partial charge >= 0.3 is 6.09 Å². The molecule has 0 unspecified atom stereocenters. The number of ether oxygens (including phenoxy) is 1. The van der Waals surface area contributed by atoms with E-state index in [-0.39, 0.29) is 6.09 Å². The molecule has 172 valence electrons. The maximum absolute atomic E-state index is 13.0. The summed E-state index contributed by atoms with van der Waals surface area (Å²) in [6.07, 6.45) is -0.322. The molecular weight excluding hydrogens is 436 g/mol. The van der Waals surface area contributed by atoms with Crippen molar-refractivity contribution in [2.45, 2.75) is 46.8 Å². The number of hydrogen-bond donors (Lipinski definition) is 0. The second kappa shape index (κ2) is 9.02. The summed E-state index contributed by atoms with van der Waals surface area (Å²) in [4.78, 5) is 16.9. The highest BCUT2D eigenvalue weighted by molar-refractivity contribution is 6.31. The number of rotatable bonds is 2. The molecule has 1 amide bonds. The van der Waals surface area contributed by atoms with Crippen LogP contribution in [-0.4, -0.2) is 39.9 Å². The van der Waals surface area contributed by atoms with Gasteiger partial charge in [0, 0.05) is 35.1 Å². The molecule has 2 heterocycles. The molecule has 0 fully saturated rings. The molecular formula is C26H29ClN4O2. The first-order valence-electron chi connectivity index (χ1n) is 11.1. The largest absolute Gasteiger partial charge is 0.444 e. The van der Waals surface area contributed by atoms with Crippen molar-refractivity contribution in [3.05, 3.63) is 70.4 Å². The topological polar surface area (TPSA) is 58.6 Å². The van der Waals surface area contributed by atoms with Gasteiger partial charge in [-0.15, -0.1) is 0 Å². The van der Waals surface area contributed by atoms with Crippen molar-refractivity contribution in [3.63, 3.8) is 0 Å². The van der Waals surface area contributed by atoms with Gasteiger partial charge in [0.2, 0.25) is 0 Å². The van der Waals surface area contributed by atoms with Crippen molar-refractivity contribution in [2.75, 3.05) is 18.0 Å². The van der Waals surface area contributed by atoms with Crippen LogP contribution >= 0.6 is 11.6 Å². The van der Waals surface area contributed by atoms with Gasteiger partial charge in [-0.05, 0) is 82.1 Å². The van der Waals surface area contributed by atoms with Crippen molar-refractivity contribution in [1.29, 1.82) is 0 Å². The molecule has 1 aliphatic heterocycles. The van der Waals surface area contributed by atoms with Gasteiger partial charge in [-0.3, -0.25) is 0 Å². The Morgan fingerprint density at radius 3 is 2.45 bits per heavy atom. The zero-order valence-electron chi connectivity index (χ0n) is 19.7. The van der Waals surface area contributed by atoms with E-state index in [1.165, 1.54) is 0 Å². The van der Waals surface area contributed by atoms with E-state index in [4.69, 9.17) is 16.3 Å². The molecule has 33 heavy (non-hydrogen) atoms. The molecule has 1 aromatic heterocycles. The molecule has 0 atom stereocenters. The summed E-state index contributed by atoms with van der Waals surface area (Å²) < 4.78 is 5.68. The predicted octanol–water partition coefficient (Wildman–Crippen LogP) is 6.30. The first-order chi connectivity index (χ1) is 15.6. The van der Waals surface area contributed by atoms with Gasteiger partial charge in [-0.2, -0.15) is 10.2 Å². The van der Waals surface area contributed by atoms with E-state index in [1.807, 2.05) is 65.0 Å². The summed E-state index contributed by atoms with van der Waals surface area (Å²) in [6.45, 7) is 11.1. The Morgan fingerprint density at radius 1 is 1.00 bits per heavy atom. The number of aromatic nitrogens is 2. The van der Waals surface area contributed by atoms with Crippen LogP contribution in [0.15, 0.2) is 48.5 Å². The van der Waals surface area contributed by atoms with Crippen molar-refractivity contribution in [2.24, 2.45) is 0 Å². The van der Waals surface area contributed by atoms with Gasteiger partial charge in [0.1, 0.15) is 5.60 Å². The number of anilines is 2. The highest BCUT2D eigenvalue weighted by atomic mass is 35.5. The van der Waals surface area contributed by atoms with E-state index < -0.39 is 5.60 Å². The van der Waals surface area contributed by atoms with Crippen LogP contribution in [0.5, 0.6) is 0 Å². The lowest BCUT2D eigenvalue weighted by atomic mass is 10.0. The standard InChI is InChI=1S/C26H29ClN4O2/c1-17-6-9-21(15-22(17)27)31-13-12-30(25(32)33-26(3,4)5)16-20-14-19(8-11-24(20)31)23-10-7-18(2)28-29-23/h6-11,14-15H,12-13,16H2,1-5H3. The van der Waals surface area contributed by atoms with Crippen molar-refractivity contribution in [1.82, 2.24) is 15.1 Å². The Hall–Kier alpha value is -3.12. The smallest absolute Gasteiger partial charge is 0.410 e. The van der Waals surface area contributed by atoms with Crippen LogP contribution in [0.25, 0.3) is 11.3 Å². The molecule has 0 saturated heterocycles. The molecule has 3 aromatic rings. The lowest BCUT2D eigenvalue weighted by Crippen LogP contribution is -2.38. The molecule has 0 radical (unpaired) electrons. The maximum atomic E-state index is 13.0. The van der Waals surface area contributed by atoms with E-state index >= 15 is 0 Å². The van der Waals surface area contributed by atoms with E-state index in [2.05, 4.69) is 33.3 Å². The quantitative estimate of drug-likeness (QED) is 0.445. The van der Waals surface area contributed by atoms with Gasteiger partial charge in [-0.25, -0.2) is 4.79 Å². The highest BCUT2D eigenvalue weighted by Gasteiger charge is 2.28. The van der Waals surface area contributed by atoms with Gasteiger partial charge in [0.15, 0.2) is 0 Å². The Kier molecular flexibility index (Phi) is 6.30. The van der Waals surface area contributed by atoms with Crippen LogP contribution in [0.2, 0.25) is 5.02 Å². The zero-order chi connectivity index (χ0) is 23.8. The lowest BCUT2D eigenvalue weighted by Gasteiger charge is -2.27. The fraction of sp³-hybridized carbons (Fsp3) is 0.346. The molecule has 7 heteroatoms. The summed E-state index contributed by atoms with van der Waals surface area (Å²) in [7, 11) is 0. The minimum Gasteiger partial charge on any atom is -0.444 e. The monoisotopic (exact) mass is 464 g/mol. The summed E-state index contributed by atoms with van der Waals surface area (Å²) >= 11 is 6.44. The molecule has 0 bridgehead atoms. The number of carbonyl (C=O) groups excluding carboxylic acids is 1. The first-order valence-corrected chi connectivity index (χ1v) is 11.4. The maximum Gasteiger partial charge on any atom is 0.410 e. The van der Waals surface area contributed by atoms with Crippen LogP contribution < -0.4 is 4.90 Å². The molecule has 6 nitrogen and oxygen atoms in total. The normalized spacial score (nSPS) is 14.0. The van der Waals surface area contributed by atoms with E-state index in [0.717, 1.165) is 39.5 Å². The minimum absolute atomic E-state index is 0.322. The number of fused-ring (bicyclic) bond motifs is 1. The number of amides is 1. The second-order valence-corrected chi connectivity index (χ2v) is 9.80. The molecule has 4 rings (SSSR count). The van der Waals surface area contributed by atoms with Crippen LogP contribution in [0.4, 0.5) is 16.2 Å². The van der Waals surface area contributed by atoms with Crippen molar-refractivity contribution >= 4 is 29.1 Å². The summed E-state index contributed by atoms with van der Waals surface area (Å²) in [5.41, 5.74) is 6.11. The first kappa shape index (κ1) is 23.1. The second-order valence-electron chi connectivity index (χ2n) is 9.39. The Balaban J connectivity index is 1.76. The fourth-order valence-electron chi connectivity index (χ4n) is 3.81. The average molecular weight is 465 g/mol. The Labute approximate surface area is 200 Å². The summed E-state index contributed by atoms with van der Waals surface area (Å²) in [6, 6.07) is 16.2. The number of nitrogens with zero attached hydrogens (tertiary/aromatic N) is 4. The van der Waals surface area contributed by atoms with E-state index in [0.29, 0.717) is 24.7 Å². The molecule has 0 saturated carbocycles. The Morgan fingerprint density at radius 2 is 1.79 bits per heavy atom. The summed E-state index contributed by atoms with van der Waals surface area (Å²) in [5, 5.41) is 9.24. The SMILES string of the molecule is Cc1ccc(-c2ccc3c(c2)CN(C(=O)OC(C)(C)C)CCN3c2ccc(C)c(Cl)c2)nn1. The molecule has 2 aromatic carbocycles. The van der Waals surface area contributed by atoms with Crippen molar-refractivity contribution < 1.29 is 9.53 Å². The zero-order valence-corrected chi connectivity index (χ0v) is 20.5. The van der Waals surface area contributed by atoms with Gasteiger partial charge in [0.05, 0.1) is 17.9 Å². The molecule has 0 aliphatic carbocycles. The van der Waals surface area contributed by atoms with E-state index in [1.54, 1.807) is 4.90 Å². The van der Waals surface area contributed by atoms with Crippen LogP contribution in [0, 0.1) is 13.8 Å². The summed E-state index contributed by atoms with van der Waals surface area (Å²) in [5.74, 6) is 0. The van der Waals surface area contributed by atoms with Gasteiger partial charge < -0.3 is 14.5 Å². The van der Waals surface area contributed by atoms with Crippen LogP contribution in [-0.2, 0) is 11.3 Å². The molecule has 1 aliphatic rings. The number of benzene rings is 2. The predicted molar refractivity (Wildman–Crippen MR) is 132 cm³/mol. The van der Waals surface area contributed by atoms with Gasteiger partial charge in [0.25, 0.3) is 0 Å². The fourth-order valence-corrected chi connectivity index (χ4v) is 3.99. The number of carbonyl (C=O) groups is 1. The number of halogens is 1. The third kappa shape index (κ3) is 5.28.